The van der Waals surface area contributed by atoms with Crippen molar-refractivity contribution in [1.82, 2.24) is 10.3 Å². The average Bonchev–Trinajstić information content (AvgIpc) is 3.54. The number of hydrogen-bond acceptors (Lipinski definition) is 4. The number of furan rings is 1. The van der Waals surface area contributed by atoms with E-state index in [-0.39, 0.29) is 12.1 Å². The highest BCUT2D eigenvalue weighted by Crippen LogP contribution is 2.44. The molecule has 5 nitrogen and oxygen atoms in total. The lowest BCUT2D eigenvalue weighted by Gasteiger charge is -2.37. The Bertz CT molecular complexity index is 1420. The fourth-order valence-electron chi connectivity index (χ4n) is 5.95. The standard InChI is InChI=1S/C31H31ClN4OS/c1-20-16-21(2)19-35(18-20)26-12-11-23(17-24(26)32)36-30(29(34-31(36)38)25-10-6-7-15-33-25)28-14-13-27(37-28)22-8-4-3-5-9-22/h3-15,17,20-21,29-30H,16,18-19H2,1-2H3,(H,34,38)/t20-,21+,29-,30+/m0/s1. The van der Waals surface area contributed by atoms with Crippen molar-refractivity contribution in [2.45, 2.75) is 32.4 Å². The third-order valence-electron chi connectivity index (χ3n) is 7.49. The van der Waals surface area contributed by atoms with Crippen LogP contribution in [-0.2, 0) is 0 Å². The number of nitrogens with zero attached hydrogens (tertiary/aromatic N) is 3. The molecule has 4 atom stereocenters. The number of nitrogens with one attached hydrogen (secondary N) is 1. The van der Waals surface area contributed by atoms with Crippen LogP contribution in [0.4, 0.5) is 11.4 Å². The molecule has 2 aliphatic rings. The predicted molar refractivity (Wildman–Crippen MR) is 159 cm³/mol. The van der Waals surface area contributed by atoms with Gasteiger partial charge in [0.25, 0.3) is 0 Å². The Morgan fingerprint density at radius 1 is 0.947 bits per heavy atom. The molecule has 0 saturated carbocycles. The molecule has 4 heterocycles. The Morgan fingerprint density at radius 2 is 1.71 bits per heavy atom. The van der Waals surface area contributed by atoms with Crippen LogP contribution in [0.5, 0.6) is 0 Å². The van der Waals surface area contributed by atoms with Crippen molar-refractivity contribution in [3.8, 4) is 11.3 Å². The Hall–Kier alpha value is -3.35. The second kappa shape index (κ2) is 10.4. The van der Waals surface area contributed by atoms with Crippen molar-refractivity contribution in [2.75, 3.05) is 22.9 Å². The summed E-state index contributed by atoms with van der Waals surface area (Å²) in [7, 11) is 0. The molecule has 0 radical (unpaired) electrons. The lowest BCUT2D eigenvalue weighted by molar-refractivity contribution is 0.357. The highest BCUT2D eigenvalue weighted by Gasteiger charge is 2.43. The monoisotopic (exact) mass is 542 g/mol. The van der Waals surface area contributed by atoms with Gasteiger partial charge in [-0.05, 0) is 72.9 Å². The molecule has 2 aromatic heterocycles. The van der Waals surface area contributed by atoms with Crippen LogP contribution >= 0.6 is 23.8 Å². The van der Waals surface area contributed by atoms with Crippen LogP contribution in [-0.4, -0.2) is 23.2 Å². The molecule has 2 fully saturated rings. The lowest BCUT2D eigenvalue weighted by atomic mass is 9.91. The van der Waals surface area contributed by atoms with Gasteiger partial charge in [-0.3, -0.25) is 4.98 Å². The Morgan fingerprint density at radius 3 is 2.42 bits per heavy atom. The third-order valence-corrected chi connectivity index (χ3v) is 8.11. The third kappa shape index (κ3) is 4.79. The maximum Gasteiger partial charge on any atom is 0.174 e. The molecule has 194 valence electrons. The van der Waals surface area contributed by atoms with E-state index in [9.17, 15) is 0 Å². The van der Waals surface area contributed by atoms with Gasteiger partial charge < -0.3 is 19.5 Å². The molecule has 6 rings (SSSR count). The maximum atomic E-state index is 6.95. The van der Waals surface area contributed by atoms with Gasteiger partial charge in [0, 0.05) is 30.5 Å². The van der Waals surface area contributed by atoms with E-state index in [1.165, 1.54) is 6.42 Å². The largest absolute Gasteiger partial charge is 0.459 e. The Labute approximate surface area is 234 Å². The van der Waals surface area contributed by atoms with Crippen molar-refractivity contribution in [1.29, 1.82) is 0 Å². The van der Waals surface area contributed by atoms with Crippen LogP contribution in [0.25, 0.3) is 11.3 Å². The van der Waals surface area contributed by atoms with Crippen LogP contribution in [0.15, 0.2) is 89.5 Å². The number of halogens is 1. The van der Waals surface area contributed by atoms with Crippen molar-refractivity contribution in [3.63, 3.8) is 0 Å². The summed E-state index contributed by atoms with van der Waals surface area (Å²) in [6, 6.07) is 26.0. The molecule has 0 amide bonds. The number of thiocarbonyl (C=S) groups is 1. The van der Waals surface area contributed by atoms with E-state index < -0.39 is 0 Å². The van der Waals surface area contributed by atoms with Crippen LogP contribution in [0.3, 0.4) is 0 Å². The van der Waals surface area contributed by atoms with Crippen LogP contribution in [0, 0.1) is 11.8 Å². The van der Waals surface area contributed by atoms with E-state index in [1.807, 2.05) is 60.8 Å². The van der Waals surface area contributed by atoms with Crippen LogP contribution in [0.2, 0.25) is 5.02 Å². The summed E-state index contributed by atoms with van der Waals surface area (Å²) >= 11 is 12.8. The van der Waals surface area contributed by atoms with E-state index in [0.717, 1.165) is 52.3 Å². The number of pyridine rings is 1. The van der Waals surface area contributed by atoms with Crippen LogP contribution < -0.4 is 15.1 Å². The summed E-state index contributed by atoms with van der Waals surface area (Å²) in [4.78, 5) is 9.17. The lowest BCUT2D eigenvalue weighted by Crippen LogP contribution is -2.38. The highest BCUT2D eigenvalue weighted by atomic mass is 35.5. The van der Waals surface area contributed by atoms with Crippen molar-refractivity contribution in [2.24, 2.45) is 11.8 Å². The summed E-state index contributed by atoms with van der Waals surface area (Å²) in [5.41, 5.74) is 3.94. The Kier molecular flexibility index (Phi) is 6.85. The molecule has 0 spiro atoms. The number of anilines is 2. The Balaban J connectivity index is 1.38. The minimum atomic E-state index is -0.230. The SMILES string of the molecule is C[C@@H]1C[C@H](C)CN(c2ccc(N3C(=S)N[C@@H](c4ccccn4)[C@H]3c3ccc(-c4ccccc4)o3)cc2Cl)C1. The minimum Gasteiger partial charge on any atom is -0.459 e. The van der Waals surface area contributed by atoms with E-state index in [0.29, 0.717) is 16.9 Å². The van der Waals surface area contributed by atoms with Gasteiger partial charge in [0.1, 0.15) is 17.6 Å². The summed E-state index contributed by atoms with van der Waals surface area (Å²) in [5, 5.41) is 4.86. The summed E-state index contributed by atoms with van der Waals surface area (Å²) in [6.07, 6.45) is 3.06. The quantitative estimate of drug-likeness (QED) is 0.261. The highest BCUT2D eigenvalue weighted by molar-refractivity contribution is 7.80. The first-order valence-corrected chi connectivity index (χ1v) is 14.0. The second-order valence-corrected chi connectivity index (χ2v) is 11.3. The zero-order valence-corrected chi connectivity index (χ0v) is 23.1. The van der Waals surface area contributed by atoms with E-state index in [1.54, 1.807) is 0 Å². The molecule has 2 aromatic carbocycles. The molecule has 1 N–H and O–H groups in total. The smallest absolute Gasteiger partial charge is 0.174 e. The molecular weight excluding hydrogens is 512 g/mol. The molecule has 0 bridgehead atoms. The van der Waals surface area contributed by atoms with Crippen molar-refractivity contribution >= 4 is 40.3 Å². The van der Waals surface area contributed by atoms with E-state index >= 15 is 0 Å². The zero-order valence-electron chi connectivity index (χ0n) is 21.5. The fraction of sp³-hybridized carbons (Fsp3) is 0.290. The number of benzene rings is 2. The average molecular weight is 543 g/mol. The van der Waals surface area contributed by atoms with Gasteiger partial charge in [-0.25, -0.2) is 0 Å². The van der Waals surface area contributed by atoms with E-state index in [2.05, 4.69) is 58.2 Å². The zero-order chi connectivity index (χ0) is 26.2. The molecule has 2 aliphatic heterocycles. The van der Waals surface area contributed by atoms with Gasteiger partial charge in [-0.1, -0.05) is 61.8 Å². The minimum absolute atomic E-state index is 0.180. The van der Waals surface area contributed by atoms with Gasteiger partial charge >= 0.3 is 0 Å². The summed E-state index contributed by atoms with van der Waals surface area (Å²) in [5.74, 6) is 2.92. The predicted octanol–water partition coefficient (Wildman–Crippen LogP) is 7.65. The second-order valence-electron chi connectivity index (χ2n) is 10.6. The first kappa shape index (κ1) is 25.0. The maximum absolute atomic E-state index is 6.95. The number of hydrogen-bond donors (Lipinski definition) is 1. The fourth-order valence-corrected chi connectivity index (χ4v) is 6.59. The van der Waals surface area contributed by atoms with Gasteiger partial charge in [0.05, 0.1) is 22.4 Å². The van der Waals surface area contributed by atoms with Crippen molar-refractivity contribution in [3.05, 3.63) is 102 Å². The first-order valence-electron chi connectivity index (χ1n) is 13.2. The van der Waals surface area contributed by atoms with Crippen LogP contribution in [0.1, 0.15) is 43.8 Å². The first-order chi connectivity index (χ1) is 18.5. The molecular formula is C31H31ClN4OS. The normalized spacial score (nSPS) is 23.5. The summed E-state index contributed by atoms with van der Waals surface area (Å²) in [6.45, 7) is 6.67. The number of rotatable bonds is 5. The molecule has 2 saturated heterocycles. The number of aromatic nitrogens is 1. The molecule has 7 heteroatoms. The number of piperidine rings is 1. The topological polar surface area (TPSA) is 44.5 Å². The molecule has 38 heavy (non-hydrogen) atoms. The molecule has 0 unspecified atom stereocenters. The van der Waals surface area contributed by atoms with Gasteiger partial charge in [-0.15, -0.1) is 0 Å². The van der Waals surface area contributed by atoms with Crippen molar-refractivity contribution < 1.29 is 4.42 Å². The molecule has 0 aliphatic carbocycles. The van der Waals surface area contributed by atoms with Gasteiger partial charge in [0.2, 0.25) is 0 Å². The molecule has 4 aromatic rings. The van der Waals surface area contributed by atoms with Gasteiger partial charge in [-0.2, -0.15) is 0 Å². The summed E-state index contributed by atoms with van der Waals surface area (Å²) < 4.78 is 6.47. The van der Waals surface area contributed by atoms with Gasteiger partial charge in [0.15, 0.2) is 5.11 Å². The van der Waals surface area contributed by atoms with E-state index in [4.69, 9.17) is 28.2 Å².